The highest BCUT2D eigenvalue weighted by molar-refractivity contribution is 9.10. The molecule has 0 aliphatic heterocycles. The maximum atomic E-state index is 13.1. The van der Waals surface area contributed by atoms with Crippen LogP contribution in [0.5, 0.6) is 0 Å². The van der Waals surface area contributed by atoms with Crippen molar-refractivity contribution >= 4 is 33.7 Å². The molecule has 28 heavy (non-hydrogen) atoms. The molecule has 0 aliphatic rings. The summed E-state index contributed by atoms with van der Waals surface area (Å²) in [6, 6.07) is 10.5. The molecule has 0 aromatic heterocycles. The standard InChI is InChI=1S/C20H20BrFN2O4/c1-12(25)23-17(10-13-5-7-16(22)8-6-13)19(26)24-18(20(27)28)11-14-3-2-4-15(21)9-14/h2-9,17-18H,10-11H2,1H3,(H,23,25)(H,24,26)(H,27,28)/t17-,18-/m0/s1. The summed E-state index contributed by atoms with van der Waals surface area (Å²) in [5.74, 6) is -2.65. The van der Waals surface area contributed by atoms with E-state index >= 15 is 0 Å². The summed E-state index contributed by atoms with van der Waals surface area (Å²) >= 11 is 3.32. The molecule has 0 saturated carbocycles. The predicted molar refractivity (Wildman–Crippen MR) is 105 cm³/mol. The van der Waals surface area contributed by atoms with Gasteiger partial charge in [0.1, 0.15) is 17.9 Å². The molecule has 2 atom stereocenters. The monoisotopic (exact) mass is 450 g/mol. The van der Waals surface area contributed by atoms with Crippen molar-refractivity contribution in [2.45, 2.75) is 31.8 Å². The van der Waals surface area contributed by atoms with E-state index in [1.54, 1.807) is 18.2 Å². The van der Waals surface area contributed by atoms with Crippen LogP contribution >= 0.6 is 15.9 Å². The topological polar surface area (TPSA) is 95.5 Å². The van der Waals surface area contributed by atoms with E-state index < -0.39 is 35.7 Å². The van der Waals surface area contributed by atoms with E-state index in [4.69, 9.17) is 0 Å². The number of carbonyl (C=O) groups is 3. The number of amides is 2. The zero-order valence-electron chi connectivity index (χ0n) is 15.1. The number of benzene rings is 2. The minimum absolute atomic E-state index is 0.0872. The first-order valence-electron chi connectivity index (χ1n) is 8.53. The number of aliphatic carboxylic acids is 1. The lowest BCUT2D eigenvalue weighted by Gasteiger charge is -2.21. The highest BCUT2D eigenvalue weighted by atomic mass is 79.9. The van der Waals surface area contributed by atoms with Crippen LogP contribution in [0.3, 0.4) is 0 Å². The molecule has 0 spiro atoms. The van der Waals surface area contributed by atoms with Gasteiger partial charge in [-0.3, -0.25) is 9.59 Å². The van der Waals surface area contributed by atoms with E-state index in [0.717, 1.165) is 10.0 Å². The van der Waals surface area contributed by atoms with Crippen molar-refractivity contribution in [2.75, 3.05) is 0 Å². The molecule has 2 rings (SSSR count). The quantitative estimate of drug-likeness (QED) is 0.575. The molecule has 148 valence electrons. The van der Waals surface area contributed by atoms with E-state index in [9.17, 15) is 23.9 Å². The maximum Gasteiger partial charge on any atom is 0.326 e. The number of hydrogen-bond donors (Lipinski definition) is 3. The Balaban J connectivity index is 2.12. The van der Waals surface area contributed by atoms with Gasteiger partial charge in [0.25, 0.3) is 0 Å². The second-order valence-electron chi connectivity index (χ2n) is 6.32. The molecule has 0 heterocycles. The van der Waals surface area contributed by atoms with E-state index in [1.165, 1.54) is 31.2 Å². The van der Waals surface area contributed by atoms with Crippen LogP contribution in [0.2, 0.25) is 0 Å². The van der Waals surface area contributed by atoms with Gasteiger partial charge >= 0.3 is 5.97 Å². The fourth-order valence-corrected chi connectivity index (χ4v) is 3.13. The van der Waals surface area contributed by atoms with Crippen LogP contribution in [0, 0.1) is 5.82 Å². The number of carboxylic acids is 1. The second-order valence-corrected chi connectivity index (χ2v) is 7.23. The average molecular weight is 451 g/mol. The minimum Gasteiger partial charge on any atom is -0.480 e. The van der Waals surface area contributed by atoms with Crippen LogP contribution in [0.15, 0.2) is 53.0 Å². The Morgan fingerprint density at radius 1 is 1.00 bits per heavy atom. The summed E-state index contributed by atoms with van der Waals surface area (Å²) in [6.45, 7) is 1.26. The van der Waals surface area contributed by atoms with Gasteiger partial charge in [-0.15, -0.1) is 0 Å². The van der Waals surface area contributed by atoms with Gasteiger partial charge in [0.05, 0.1) is 0 Å². The van der Waals surface area contributed by atoms with Crippen LogP contribution < -0.4 is 10.6 Å². The van der Waals surface area contributed by atoms with Gasteiger partial charge in [0.15, 0.2) is 0 Å². The zero-order chi connectivity index (χ0) is 20.7. The molecule has 3 N–H and O–H groups in total. The molecule has 0 bridgehead atoms. The number of carboxylic acid groups (broad SMARTS) is 1. The lowest BCUT2D eigenvalue weighted by molar-refractivity contribution is -0.142. The van der Waals surface area contributed by atoms with Gasteiger partial charge in [-0.1, -0.05) is 40.2 Å². The molecular formula is C20H20BrFN2O4. The Morgan fingerprint density at radius 2 is 1.64 bits per heavy atom. The van der Waals surface area contributed by atoms with Crippen molar-refractivity contribution in [2.24, 2.45) is 0 Å². The molecule has 0 saturated heterocycles. The Labute approximate surface area is 170 Å². The summed E-state index contributed by atoms with van der Waals surface area (Å²) in [6.07, 6.45) is 0.193. The molecule has 0 unspecified atom stereocenters. The van der Waals surface area contributed by atoms with Crippen LogP contribution in [0.1, 0.15) is 18.1 Å². The maximum absolute atomic E-state index is 13.1. The van der Waals surface area contributed by atoms with Crippen molar-refractivity contribution in [3.8, 4) is 0 Å². The Morgan fingerprint density at radius 3 is 2.21 bits per heavy atom. The number of rotatable bonds is 8. The molecular weight excluding hydrogens is 431 g/mol. The van der Waals surface area contributed by atoms with Crippen molar-refractivity contribution < 1.29 is 23.9 Å². The Bertz CT molecular complexity index is 858. The predicted octanol–water partition coefficient (Wildman–Crippen LogP) is 2.45. The normalized spacial score (nSPS) is 12.7. The first-order chi connectivity index (χ1) is 13.2. The minimum atomic E-state index is -1.18. The SMILES string of the molecule is CC(=O)N[C@@H](Cc1ccc(F)cc1)C(=O)N[C@@H](Cc1cccc(Br)c1)C(=O)O. The molecule has 2 amide bonds. The molecule has 2 aromatic rings. The molecule has 8 heteroatoms. The molecule has 0 aliphatic carbocycles. The Hall–Kier alpha value is -2.74. The summed E-state index contributed by atoms with van der Waals surface area (Å²) < 4.78 is 13.9. The highest BCUT2D eigenvalue weighted by Crippen LogP contribution is 2.14. The lowest BCUT2D eigenvalue weighted by atomic mass is 10.0. The van der Waals surface area contributed by atoms with Crippen molar-refractivity contribution in [3.05, 3.63) is 69.9 Å². The van der Waals surface area contributed by atoms with Crippen molar-refractivity contribution in [1.29, 1.82) is 0 Å². The fourth-order valence-electron chi connectivity index (χ4n) is 2.68. The van der Waals surface area contributed by atoms with E-state index in [2.05, 4.69) is 26.6 Å². The van der Waals surface area contributed by atoms with E-state index in [1.807, 2.05) is 6.07 Å². The summed E-state index contributed by atoms with van der Waals surface area (Å²) in [5.41, 5.74) is 1.37. The smallest absolute Gasteiger partial charge is 0.326 e. The Kier molecular flexibility index (Phi) is 7.69. The van der Waals surface area contributed by atoms with E-state index in [0.29, 0.717) is 5.56 Å². The largest absolute Gasteiger partial charge is 0.480 e. The third kappa shape index (κ3) is 6.77. The van der Waals surface area contributed by atoms with Crippen LogP contribution in [0.4, 0.5) is 4.39 Å². The van der Waals surface area contributed by atoms with Gasteiger partial charge in [-0.25, -0.2) is 9.18 Å². The van der Waals surface area contributed by atoms with Gasteiger partial charge in [0.2, 0.25) is 11.8 Å². The molecule has 6 nitrogen and oxygen atoms in total. The summed E-state index contributed by atoms with van der Waals surface area (Å²) in [5, 5.41) is 14.5. The molecule has 0 radical (unpaired) electrons. The highest BCUT2D eigenvalue weighted by Gasteiger charge is 2.26. The van der Waals surface area contributed by atoms with Crippen molar-refractivity contribution in [3.63, 3.8) is 0 Å². The average Bonchev–Trinajstić information content (AvgIpc) is 2.62. The van der Waals surface area contributed by atoms with Gasteiger partial charge in [-0.2, -0.15) is 0 Å². The van der Waals surface area contributed by atoms with E-state index in [-0.39, 0.29) is 12.8 Å². The third-order valence-corrected chi connectivity index (χ3v) is 4.48. The first kappa shape index (κ1) is 21.6. The van der Waals surface area contributed by atoms with Gasteiger partial charge in [0, 0.05) is 24.2 Å². The third-order valence-electron chi connectivity index (χ3n) is 3.99. The van der Waals surface area contributed by atoms with Crippen LogP contribution in [-0.2, 0) is 27.2 Å². The van der Waals surface area contributed by atoms with Crippen LogP contribution in [0.25, 0.3) is 0 Å². The molecule has 2 aromatic carbocycles. The van der Waals surface area contributed by atoms with Gasteiger partial charge < -0.3 is 15.7 Å². The first-order valence-corrected chi connectivity index (χ1v) is 9.33. The number of nitrogens with one attached hydrogen (secondary N) is 2. The number of hydrogen-bond acceptors (Lipinski definition) is 3. The van der Waals surface area contributed by atoms with Crippen molar-refractivity contribution in [1.82, 2.24) is 10.6 Å². The summed E-state index contributed by atoms with van der Waals surface area (Å²) in [4.78, 5) is 35.7. The fraction of sp³-hybridized carbons (Fsp3) is 0.250. The summed E-state index contributed by atoms with van der Waals surface area (Å²) in [7, 11) is 0. The second kappa shape index (κ2) is 9.98. The number of carbonyl (C=O) groups excluding carboxylic acids is 2. The zero-order valence-corrected chi connectivity index (χ0v) is 16.7. The lowest BCUT2D eigenvalue weighted by Crippen LogP contribution is -2.52. The van der Waals surface area contributed by atoms with Crippen LogP contribution in [-0.4, -0.2) is 35.0 Å². The molecule has 0 fully saturated rings. The van der Waals surface area contributed by atoms with Gasteiger partial charge in [-0.05, 0) is 35.4 Å². The number of halogens is 2.